The number of aromatic nitrogens is 2. The fourth-order valence-electron chi connectivity index (χ4n) is 2.11. The Morgan fingerprint density at radius 3 is 2.68 bits per heavy atom. The summed E-state index contributed by atoms with van der Waals surface area (Å²) in [6, 6.07) is 5.93. The number of aliphatic hydroxyl groups is 1. The first-order chi connectivity index (χ1) is 8.90. The first kappa shape index (κ1) is 14.6. The van der Waals surface area contributed by atoms with Gasteiger partial charge >= 0.3 is 0 Å². The Hall–Kier alpha value is -0.840. The zero-order valence-electron chi connectivity index (χ0n) is 11.1. The van der Waals surface area contributed by atoms with Crippen LogP contribution in [0.5, 0.6) is 0 Å². The molecule has 1 heterocycles. The van der Waals surface area contributed by atoms with Crippen molar-refractivity contribution >= 4 is 27.5 Å². The van der Waals surface area contributed by atoms with E-state index in [4.69, 9.17) is 11.6 Å². The minimum absolute atomic E-state index is 0.443. The standard InChI is InChI=1S/C14H16BrClN2O/c1-8-4-5-11(15)10(6-8)13(19)7-12-14(16)9(2)17-18(12)3/h4-6,13,19H,7H2,1-3H3. The fraction of sp³-hybridized carbons (Fsp3) is 0.357. The predicted octanol–water partition coefficient (Wildman–Crippen LogP) is 3.73. The van der Waals surface area contributed by atoms with Gasteiger partial charge in [0.25, 0.3) is 0 Å². The lowest BCUT2D eigenvalue weighted by Crippen LogP contribution is -2.07. The van der Waals surface area contributed by atoms with Crippen LogP contribution in [0.1, 0.15) is 28.6 Å². The third kappa shape index (κ3) is 3.02. The molecule has 0 fully saturated rings. The van der Waals surface area contributed by atoms with Gasteiger partial charge in [-0.15, -0.1) is 0 Å². The molecule has 2 aromatic rings. The van der Waals surface area contributed by atoms with Crippen LogP contribution >= 0.6 is 27.5 Å². The molecule has 1 aromatic heterocycles. The molecule has 0 spiro atoms. The van der Waals surface area contributed by atoms with Gasteiger partial charge in [0.2, 0.25) is 0 Å². The summed E-state index contributed by atoms with van der Waals surface area (Å²) in [4.78, 5) is 0. The van der Waals surface area contributed by atoms with Crippen LogP contribution < -0.4 is 0 Å². The van der Waals surface area contributed by atoms with E-state index in [1.54, 1.807) is 4.68 Å². The van der Waals surface area contributed by atoms with Gasteiger partial charge in [0.05, 0.1) is 22.5 Å². The maximum absolute atomic E-state index is 10.4. The van der Waals surface area contributed by atoms with Gasteiger partial charge in [0.15, 0.2) is 0 Å². The highest BCUT2D eigenvalue weighted by Gasteiger charge is 2.18. The van der Waals surface area contributed by atoms with Crippen molar-refractivity contribution in [3.63, 3.8) is 0 Å². The predicted molar refractivity (Wildman–Crippen MR) is 80.5 cm³/mol. The molecular weight excluding hydrogens is 328 g/mol. The zero-order valence-corrected chi connectivity index (χ0v) is 13.5. The van der Waals surface area contributed by atoms with Crippen LogP contribution in [0, 0.1) is 13.8 Å². The van der Waals surface area contributed by atoms with E-state index in [0.717, 1.165) is 27.0 Å². The van der Waals surface area contributed by atoms with Gasteiger partial charge < -0.3 is 5.11 Å². The molecule has 1 unspecified atom stereocenters. The average Bonchev–Trinajstić information content (AvgIpc) is 2.59. The summed E-state index contributed by atoms with van der Waals surface area (Å²) in [7, 11) is 1.84. The van der Waals surface area contributed by atoms with Crippen molar-refractivity contribution in [3.05, 3.63) is 50.2 Å². The molecule has 0 aliphatic carbocycles. The highest BCUT2D eigenvalue weighted by Crippen LogP contribution is 2.29. The molecule has 0 amide bonds. The summed E-state index contributed by atoms with van der Waals surface area (Å²) in [6.07, 6.45) is -0.167. The number of aliphatic hydroxyl groups excluding tert-OH is 1. The van der Waals surface area contributed by atoms with Crippen LogP contribution in [0.15, 0.2) is 22.7 Å². The highest BCUT2D eigenvalue weighted by atomic mass is 79.9. The van der Waals surface area contributed by atoms with Crippen LogP contribution in [0.2, 0.25) is 5.02 Å². The maximum Gasteiger partial charge on any atom is 0.0856 e. The lowest BCUT2D eigenvalue weighted by atomic mass is 10.0. The molecule has 102 valence electrons. The van der Waals surface area contributed by atoms with Crippen molar-refractivity contribution in [3.8, 4) is 0 Å². The van der Waals surface area contributed by atoms with Crippen molar-refractivity contribution < 1.29 is 5.11 Å². The molecule has 1 atom stereocenters. The van der Waals surface area contributed by atoms with Crippen molar-refractivity contribution in [2.75, 3.05) is 0 Å². The van der Waals surface area contributed by atoms with Gasteiger partial charge in [-0.05, 0) is 25.5 Å². The third-order valence-corrected chi connectivity index (χ3v) is 4.37. The quantitative estimate of drug-likeness (QED) is 0.922. The highest BCUT2D eigenvalue weighted by molar-refractivity contribution is 9.10. The van der Waals surface area contributed by atoms with Gasteiger partial charge in [-0.1, -0.05) is 45.2 Å². The molecular formula is C14H16BrClN2O. The average molecular weight is 344 g/mol. The van der Waals surface area contributed by atoms with Gasteiger partial charge in [0, 0.05) is 17.9 Å². The number of nitrogens with zero attached hydrogens (tertiary/aromatic N) is 2. The molecule has 0 aliphatic rings. The molecule has 1 N–H and O–H groups in total. The topological polar surface area (TPSA) is 38.1 Å². The Kier molecular flexibility index (Phi) is 4.33. The smallest absolute Gasteiger partial charge is 0.0856 e. The number of halogens is 2. The van der Waals surface area contributed by atoms with Crippen LogP contribution in [-0.4, -0.2) is 14.9 Å². The van der Waals surface area contributed by atoms with Crippen molar-refractivity contribution in [2.24, 2.45) is 7.05 Å². The number of hydrogen-bond acceptors (Lipinski definition) is 2. The summed E-state index contributed by atoms with van der Waals surface area (Å²) in [6.45, 7) is 3.87. The third-order valence-electron chi connectivity index (χ3n) is 3.16. The van der Waals surface area contributed by atoms with Gasteiger partial charge in [-0.3, -0.25) is 4.68 Å². The second-order valence-electron chi connectivity index (χ2n) is 4.71. The van der Waals surface area contributed by atoms with Crippen LogP contribution in [0.4, 0.5) is 0 Å². The molecule has 1 aromatic carbocycles. The summed E-state index contributed by atoms with van der Waals surface area (Å²) < 4.78 is 2.63. The number of hydrogen-bond donors (Lipinski definition) is 1. The number of rotatable bonds is 3. The molecule has 0 saturated heterocycles. The molecule has 0 bridgehead atoms. The Labute approximate surface area is 126 Å². The Bertz CT molecular complexity index is 610. The molecule has 0 aliphatic heterocycles. The van der Waals surface area contributed by atoms with Crippen molar-refractivity contribution in [1.29, 1.82) is 0 Å². The van der Waals surface area contributed by atoms with Gasteiger partial charge in [-0.25, -0.2) is 0 Å². The summed E-state index contributed by atoms with van der Waals surface area (Å²) in [5.74, 6) is 0. The molecule has 0 saturated carbocycles. The van der Waals surface area contributed by atoms with E-state index >= 15 is 0 Å². The lowest BCUT2D eigenvalue weighted by molar-refractivity contribution is 0.175. The Morgan fingerprint density at radius 1 is 1.42 bits per heavy atom. The van der Waals surface area contributed by atoms with Crippen LogP contribution in [-0.2, 0) is 13.5 Å². The van der Waals surface area contributed by atoms with E-state index in [1.165, 1.54) is 0 Å². The first-order valence-electron chi connectivity index (χ1n) is 6.02. The molecule has 0 radical (unpaired) electrons. The fourth-order valence-corrected chi connectivity index (χ4v) is 2.86. The minimum atomic E-state index is -0.610. The number of benzene rings is 1. The van der Waals surface area contributed by atoms with Gasteiger partial charge in [-0.2, -0.15) is 5.10 Å². The van der Waals surface area contributed by atoms with E-state index in [1.807, 2.05) is 39.1 Å². The van der Waals surface area contributed by atoms with Crippen LogP contribution in [0.25, 0.3) is 0 Å². The summed E-state index contributed by atoms with van der Waals surface area (Å²) in [5, 5.41) is 15.3. The molecule has 3 nitrogen and oxygen atoms in total. The molecule has 2 rings (SSSR count). The molecule has 5 heteroatoms. The minimum Gasteiger partial charge on any atom is -0.388 e. The maximum atomic E-state index is 10.4. The second kappa shape index (κ2) is 5.65. The largest absolute Gasteiger partial charge is 0.388 e. The van der Waals surface area contributed by atoms with E-state index < -0.39 is 6.10 Å². The SMILES string of the molecule is Cc1ccc(Br)c(C(O)Cc2c(Cl)c(C)nn2C)c1. The first-order valence-corrected chi connectivity index (χ1v) is 7.19. The Balaban J connectivity index is 2.30. The number of aryl methyl sites for hydroxylation is 3. The van der Waals surface area contributed by atoms with E-state index in [9.17, 15) is 5.11 Å². The van der Waals surface area contributed by atoms with E-state index in [2.05, 4.69) is 21.0 Å². The summed E-state index contributed by atoms with van der Waals surface area (Å²) >= 11 is 9.68. The second-order valence-corrected chi connectivity index (χ2v) is 5.95. The van der Waals surface area contributed by atoms with Crippen molar-refractivity contribution in [1.82, 2.24) is 9.78 Å². The van der Waals surface area contributed by atoms with E-state index in [0.29, 0.717) is 11.4 Å². The zero-order chi connectivity index (χ0) is 14.2. The Morgan fingerprint density at radius 2 is 2.11 bits per heavy atom. The van der Waals surface area contributed by atoms with Gasteiger partial charge in [0.1, 0.15) is 0 Å². The monoisotopic (exact) mass is 342 g/mol. The van der Waals surface area contributed by atoms with E-state index in [-0.39, 0.29) is 0 Å². The summed E-state index contributed by atoms with van der Waals surface area (Å²) in [5.41, 5.74) is 3.62. The lowest BCUT2D eigenvalue weighted by Gasteiger charge is -2.14. The van der Waals surface area contributed by atoms with Crippen LogP contribution in [0.3, 0.4) is 0 Å². The normalized spacial score (nSPS) is 12.7. The molecule has 19 heavy (non-hydrogen) atoms. The van der Waals surface area contributed by atoms with Crippen molar-refractivity contribution in [2.45, 2.75) is 26.4 Å².